The van der Waals surface area contributed by atoms with Crippen LogP contribution in [0, 0.1) is 5.92 Å². The van der Waals surface area contributed by atoms with Crippen LogP contribution in [-0.4, -0.2) is 39.6 Å². The molecule has 9 heteroatoms. The van der Waals surface area contributed by atoms with E-state index in [1.165, 1.54) is 12.5 Å². The van der Waals surface area contributed by atoms with Gasteiger partial charge in [-0.1, -0.05) is 38.1 Å². The number of hydrogen-bond acceptors (Lipinski definition) is 6. The Hall–Kier alpha value is -3.59. The summed E-state index contributed by atoms with van der Waals surface area (Å²) in [5.41, 5.74) is 2.93. The molecule has 3 rings (SSSR count). The summed E-state index contributed by atoms with van der Waals surface area (Å²) in [4.78, 5) is 37.4. The second-order valence-corrected chi connectivity index (χ2v) is 7.79. The third-order valence-corrected chi connectivity index (χ3v) is 4.80. The van der Waals surface area contributed by atoms with Crippen LogP contribution in [0.3, 0.4) is 0 Å². The molecular weight excluding hydrogens is 428 g/mol. The monoisotopic (exact) mass is 453 g/mol. The molecule has 2 heterocycles. The number of halogens is 2. The molecule has 0 aliphatic carbocycles. The van der Waals surface area contributed by atoms with Crippen LogP contribution in [0.25, 0.3) is 11.1 Å². The molecule has 0 unspecified atom stereocenters. The van der Waals surface area contributed by atoms with Gasteiger partial charge in [0.25, 0.3) is 0 Å². The van der Waals surface area contributed by atoms with Crippen molar-refractivity contribution in [3.63, 3.8) is 0 Å². The van der Waals surface area contributed by atoms with Gasteiger partial charge in [0, 0.05) is 36.8 Å². The highest BCUT2D eigenvalue weighted by Gasteiger charge is 2.19. The van der Waals surface area contributed by atoms with E-state index in [0.717, 1.165) is 5.69 Å². The molecule has 0 spiro atoms. The Bertz CT molecular complexity index is 1110. The molecule has 0 saturated heterocycles. The van der Waals surface area contributed by atoms with Crippen LogP contribution in [-0.2, 0) is 17.8 Å². The van der Waals surface area contributed by atoms with Crippen molar-refractivity contribution in [2.75, 3.05) is 11.9 Å². The number of nitrogens with one attached hydrogen (secondary N) is 2. The zero-order valence-electron chi connectivity index (χ0n) is 18.4. The molecule has 0 radical (unpaired) electrons. The minimum atomic E-state index is -2.45. The highest BCUT2D eigenvalue weighted by Crippen LogP contribution is 2.27. The van der Waals surface area contributed by atoms with Crippen molar-refractivity contribution >= 4 is 17.4 Å². The number of ketones is 1. The largest absolute Gasteiger partial charge is 0.323 e. The van der Waals surface area contributed by atoms with Crippen molar-refractivity contribution in [2.45, 2.75) is 33.2 Å². The number of carbonyl (C=O) groups excluding carboxylic acids is 2. The van der Waals surface area contributed by atoms with Gasteiger partial charge >= 0.3 is 0 Å². The standard InChI is InChI=1S/C24H25F2N5O2/c1-15(2)24(33)23-20(31-22(32)13-28-12-19-6-7-27-14-30-19)10-18(11-29-23)17-5-3-4-16(8-17)9-21(25)26/h3-8,10-11,14-15,21,28H,9,12-13H2,1-2H3,(H,31,32). The van der Waals surface area contributed by atoms with Crippen molar-refractivity contribution in [1.82, 2.24) is 20.3 Å². The summed E-state index contributed by atoms with van der Waals surface area (Å²) in [6.07, 6.45) is 1.75. The zero-order valence-corrected chi connectivity index (χ0v) is 18.4. The molecule has 0 bridgehead atoms. The number of alkyl halides is 2. The maximum absolute atomic E-state index is 12.8. The first-order valence-corrected chi connectivity index (χ1v) is 10.5. The Labute approximate surface area is 190 Å². The fourth-order valence-corrected chi connectivity index (χ4v) is 3.16. The summed E-state index contributed by atoms with van der Waals surface area (Å²) in [7, 11) is 0. The van der Waals surface area contributed by atoms with E-state index in [1.54, 1.807) is 56.4 Å². The lowest BCUT2D eigenvalue weighted by atomic mass is 10.00. The van der Waals surface area contributed by atoms with E-state index in [4.69, 9.17) is 0 Å². The van der Waals surface area contributed by atoms with Crippen LogP contribution < -0.4 is 10.6 Å². The molecule has 33 heavy (non-hydrogen) atoms. The van der Waals surface area contributed by atoms with E-state index < -0.39 is 6.43 Å². The number of carbonyl (C=O) groups is 2. The summed E-state index contributed by atoms with van der Waals surface area (Å²) in [6.45, 7) is 3.87. The van der Waals surface area contributed by atoms with E-state index in [-0.39, 0.29) is 42.0 Å². The van der Waals surface area contributed by atoms with Crippen LogP contribution in [0.4, 0.5) is 14.5 Å². The first-order chi connectivity index (χ1) is 15.8. The number of nitrogens with zero attached hydrogens (tertiary/aromatic N) is 3. The van der Waals surface area contributed by atoms with Gasteiger partial charge in [0.1, 0.15) is 12.0 Å². The van der Waals surface area contributed by atoms with E-state index in [1.807, 2.05) is 0 Å². The SMILES string of the molecule is CC(C)C(=O)c1ncc(-c2cccc(CC(F)F)c2)cc1NC(=O)CNCc1ccncn1. The lowest BCUT2D eigenvalue weighted by molar-refractivity contribution is -0.115. The molecule has 172 valence electrons. The predicted octanol–water partition coefficient (Wildman–Crippen LogP) is 3.91. The molecule has 0 saturated carbocycles. The van der Waals surface area contributed by atoms with Crippen molar-refractivity contribution < 1.29 is 18.4 Å². The fraction of sp³-hybridized carbons (Fsp3) is 0.292. The lowest BCUT2D eigenvalue weighted by Gasteiger charge is -2.14. The van der Waals surface area contributed by atoms with Gasteiger partial charge < -0.3 is 10.6 Å². The fourth-order valence-electron chi connectivity index (χ4n) is 3.16. The van der Waals surface area contributed by atoms with Crippen LogP contribution in [0.15, 0.2) is 55.1 Å². The van der Waals surface area contributed by atoms with Gasteiger partial charge in [-0.2, -0.15) is 0 Å². The predicted molar refractivity (Wildman–Crippen MR) is 121 cm³/mol. The highest BCUT2D eigenvalue weighted by atomic mass is 19.3. The molecule has 0 aliphatic heterocycles. The Balaban J connectivity index is 1.80. The third kappa shape index (κ3) is 6.95. The molecule has 1 amide bonds. The normalized spacial score (nSPS) is 11.1. The van der Waals surface area contributed by atoms with Gasteiger partial charge in [0.15, 0.2) is 5.78 Å². The van der Waals surface area contributed by atoms with Gasteiger partial charge in [0.2, 0.25) is 12.3 Å². The minimum Gasteiger partial charge on any atom is -0.323 e. The van der Waals surface area contributed by atoms with Gasteiger partial charge in [-0.15, -0.1) is 0 Å². The number of benzene rings is 1. The number of hydrogen-bond donors (Lipinski definition) is 2. The Morgan fingerprint density at radius 3 is 2.58 bits per heavy atom. The van der Waals surface area contributed by atoms with E-state index in [2.05, 4.69) is 25.6 Å². The third-order valence-electron chi connectivity index (χ3n) is 4.80. The van der Waals surface area contributed by atoms with Crippen LogP contribution in [0.5, 0.6) is 0 Å². The quantitative estimate of drug-likeness (QED) is 0.452. The molecular formula is C24H25F2N5O2. The molecule has 2 N–H and O–H groups in total. The zero-order chi connectivity index (χ0) is 23.8. The highest BCUT2D eigenvalue weighted by molar-refractivity contribution is 6.05. The first kappa shape index (κ1) is 24.1. The molecule has 0 fully saturated rings. The van der Waals surface area contributed by atoms with Gasteiger partial charge in [-0.25, -0.2) is 18.7 Å². The summed E-state index contributed by atoms with van der Waals surface area (Å²) in [5.74, 6) is -0.881. The smallest absolute Gasteiger partial charge is 0.242 e. The first-order valence-electron chi connectivity index (χ1n) is 10.5. The van der Waals surface area contributed by atoms with Crippen molar-refractivity contribution in [2.24, 2.45) is 5.92 Å². The summed E-state index contributed by atoms with van der Waals surface area (Å²) >= 11 is 0. The minimum absolute atomic E-state index is 0.00653. The Morgan fingerprint density at radius 2 is 1.88 bits per heavy atom. The van der Waals surface area contributed by atoms with Crippen LogP contribution in [0.1, 0.15) is 35.6 Å². The molecule has 0 atom stereocenters. The van der Waals surface area contributed by atoms with Crippen LogP contribution >= 0.6 is 0 Å². The number of aromatic nitrogens is 3. The summed E-state index contributed by atoms with van der Waals surface area (Å²) in [6, 6.07) is 10.1. The topological polar surface area (TPSA) is 96.9 Å². The molecule has 3 aromatic rings. The number of amides is 1. The average Bonchev–Trinajstić information content (AvgIpc) is 2.79. The second-order valence-electron chi connectivity index (χ2n) is 7.79. The molecule has 7 nitrogen and oxygen atoms in total. The Morgan fingerprint density at radius 1 is 1.06 bits per heavy atom. The number of rotatable bonds is 10. The summed E-state index contributed by atoms with van der Waals surface area (Å²) in [5, 5.41) is 5.74. The average molecular weight is 453 g/mol. The van der Waals surface area contributed by atoms with E-state index in [9.17, 15) is 18.4 Å². The second kappa shape index (κ2) is 11.3. The number of Topliss-reactive ketones (excluding diaryl/α,β-unsaturated/α-hetero) is 1. The van der Waals surface area contributed by atoms with E-state index >= 15 is 0 Å². The molecule has 0 aliphatic rings. The Kier molecular flexibility index (Phi) is 8.26. The lowest BCUT2D eigenvalue weighted by Crippen LogP contribution is -2.29. The van der Waals surface area contributed by atoms with Crippen molar-refractivity contribution in [1.29, 1.82) is 0 Å². The van der Waals surface area contributed by atoms with E-state index in [0.29, 0.717) is 23.2 Å². The van der Waals surface area contributed by atoms with Crippen molar-refractivity contribution in [3.05, 3.63) is 72.1 Å². The molecule has 1 aromatic carbocycles. The summed E-state index contributed by atoms with van der Waals surface area (Å²) < 4.78 is 25.6. The van der Waals surface area contributed by atoms with Gasteiger partial charge in [-0.3, -0.25) is 14.6 Å². The number of pyridine rings is 1. The van der Waals surface area contributed by atoms with Crippen LogP contribution in [0.2, 0.25) is 0 Å². The van der Waals surface area contributed by atoms with Gasteiger partial charge in [-0.05, 0) is 23.3 Å². The maximum atomic E-state index is 12.8. The van der Waals surface area contributed by atoms with Crippen molar-refractivity contribution in [3.8, 4) is 11.1 Å². The molecule has 2 aromatic heterocycles. The number of anilines is 1. The van der Waals surface area contributed by atoms with Gasteiger partial charge in [0.05, 0.1) is 17.9 Å². The maximum Gasteiger partial charge on any atom is 0.242 e.